The predicted octanol–water partition coefficient (Wildman–Crippen LogP) is 4.48. The monoisotopic (exact) mass is 290 g/mol. The van der Waals surface area contributed by atoms with Gasteiger partial charge in [-0.05, 0) is 37.8 Å². The quantitative estimate of drug-likeness (QED) is 0.467. The molecule has 0 N–H and O–H groups in total. The third kappa shape index (κ3) is 6.97. The van der Waals surface area contributed by atoms with Gasteiger partial charge in [-0.15, -0.1) is 23.2 Å². The summed E-state index contributed by atoms with van der Waals surface area (Å²) in [5, 5.41) is 0. The largest absolute Gasteiger partial charge is 0.493 e. The Morgan fingerprint density at radius 1 is 0.778 bits per heavy atom. The molecule has 0 bridgehead atoms. The van der Waals surface area contributed by atoms with Gasteiger partial charge in [-0.1, -0.05) is 6.07 Å². The van der Waals surface area contributed by atoms with Crippen molar-refractivity contribution in [1.82, 2.24) is 0 Å². The number of hydrogen-bond acceptors (Lipinski definition) is 2. The molecule has 0 aliphatic carbocycles. The molecule has 0 aromatic heterocycles. The number of alkyl halides is 2. The van der Waals surface area contributed by atoms with E-state index in [1.165, 1.54) is 0 Å². The van der Waals surface area contributed by atoms with Gasteiger partial charge in [0.15, 0.2) is 0 Å². The molecule has 2 nitrogen and oxygen atoms in total. The molecule has 0 atom stereocenters. The zero-order valence-corrected chi connectivity index (χ0v) is 12.1. The van der Waals surface area contributed by atoms with Crippen LogP contribution < -0.4 is 9.47 Å². The molecule has 0 aliphatic heterocycles. The third-order valence-electron chi connectivity index (χ3n) is 2.40. The van der Waals surface area contributed by atoms with E-state index in [2.05, 4.69) is 0 Å². The SMILES string of the molecule is ClCCCCOc1cccc(OCCCCCl)c1. The van der Waals surface area contributed by atoms with Gasteiger partial charge in [0.1, 0.15) is 11.5 Å². The number of hydrogen-bond donors (Lipinski definition) is 0. The van der Waals surface area contributed by atoms with Crippen molar-refractivity contribution >= 4 is 23.2 Å². The normalized spacial score (nSPS) is 10.3. The highest BCUT2D eigenvalue weighted by Gasteiger charge is 1.98. The summed E-state index contributed by atoms with van der Waals surface area (Å²) in [5.41, 5.74) is 0. The summed E-state index contributed by atoms with van der Waals surface area (Å²) in [5.74, 6) is 3.07. The Morgan fingerprint density at radius 3 is 1.72 bits per heavy atom. The Kier molecular flexibility index (Phi) is 8.87. The van der Waals surface area contributed by atoms with Crippen molar-refractivity contribution in [3.05, 3.63) is 24.3 Å². The van der Waals surface area contributed by atoms with Gasteiger partial charge in [0.2, 0.25) is 0 Å². The first-order chi connectivity index (χ1) is 8.86. The first kappa shape index (κ1) is 15.5. The lowest BCUT2D eigenvalue weighted by Crippen LogP contribution is -2.00. The number of halogens is 2. The molecule has 4 heteroatoms. The maximum atomic E-state index is 5.62. The van der Waals surface area contributed by atoms with Gasteiger partial charge in [-0.3, -0.25) is 0 Å². The van der Waals surface area contributed by atoms with Crippen molar-refractivity contribution in [3.8, 4) is 11.5 Å². The van der Waals surface area contributed by atoms with Gasteiger partial charge >= 0.3 is 0 Å². The van der Waals surface area contributed by atoms with Crippen LogP contribution in [-0.4, -0.2) is 25.0 Å². The van der Waals surface area contributed by atoms with Crippen LogP contribution in [0.15, 0.2) is 24.3 Å². The molecule has 0 radical (unpaired) electrons. The second-order valence-electron chi connectivity index (χ2n) is 3.96. The molecule has 0 saturated carbocycles. The fraction of sp³-hybridized carbons (Fsp3) is 0.571. The Balaban J connectivity index is 2.27. The lowest BCUT2D eigenvalue weighted by Gasteiger charge is -2.09. The molecule has 0 aliphatic rings. The third-order valence-corrected chi connectivity index (χ3v) is 2.93. The molecule has 18 heavy (non-hydrogen) atoms. The highest BCUT2D eigenvalue weighted by atomic mass is 35.5. The minimum Gasteiger partial charge on any atom is -0.493 e. The molecular formula is C14H20Cl2O2. The van der Waals surface area contributed by atoms with Crippen molar-refractivity contribution in [1.29, 1.82) is 0 Å². The van der Waals surface area contributed by atoms with Crippen LogP contribution >= 0.6 is 23.2 Å². The fourth-order valence-corrected chi connectivity index (χ4v) is 1.80. The number of unbranched alkanes of at least 4 members (excludes halogenated alkanes) is 2. The Bertz CT molecular complexity index is 291. The minimum absolute atomic E-state index is 0.688. The predicted molar refractivity (Wildman–Crippen MR) is 77.3 cm³/mol. The fourth-order valence-electron chi connectivity index (χ4n) is 1.43. The second kappa shape index (κ2) is 10.3. The maximum Gasteiger partial charge on any atom is 0.122 e. The lowest BCUT2D eigenvalue weighted by atomic mass is 10.3. The van der Waals surface area contributed by atoms with E-state index in [0.717, 1.165) is 37.2 Å². The highest BCUT2D eigenvalue weighted by Crippen LogP contribution is 2.20. The molecule has 0 fully saturated rings. The van der Waals surface area contributed by atoms with Gasteiger partial charge in [-0.25, -0.2) is 0 Å². The van der Waals surface area contributed by atoms with Crippen LogP contribution in [0.5, 0.6) is 11.5 Å². The van der Waals surface area contributed by atoms with Crippen LogP contribution in [0.1, 0.15) is 25.7 Å². The smallest absolute Gasteiger partial charge is 0.122 e. The zero-order valence-electron chi connectivity index (χ0n) is 10.5. The van der Waals surface area contributed by atoms with E-state index < -0.39 is 0 Å². The van der Waals surface area contributed by atoms with E-state index in [1.54, 1.807) is 0 Å². The van der Waals surface area contributed by atoms with Crippen LogP contribution in [-0.2, 0) is 0 Å². The van der Waals surface area contributed by atoms with Crippen molar-refractivity contribution in [3.63, 3.8) is 0 Å². The van der Waals surface area contributed by atoms with Gasteiger partial charge in [-0.2, -0.15) is 0 Å². The summed E-state index contributed by atoms with van der Waals surface area (Å²) in [6.45, 7) is 1.39. The summed E-state index contributed by atoms with van der Waals surface area (Å²) in [6, 6.07) is 7.73. The van der Waals surface area contributed by atoms with Crippen molar-refractivity contribution in [2.75, 3.05) is 25.0 Å². The zero-order chi connectivity index (χ0) is 13.1. The van der Waals surface area contributed by atoms with Crippen LogP contribution in [0.25, 0.3) is 0 Å². The molecule has 0 saturated heterocycles. The number of benzene rings is 1. The summed E-state index contributed by atoms with van der Waals surface area (Å²) >= 11 is 11.2. The van der Waals surface area contributed by atoms with E-state index >= 15 is 0 Å². The molecule has 0 unspecified atom stereocenters. The van der Waals surface area contributed by atoms with E-state index in [1.807, 2.05) is 24.3 Å². The summed E-state index contributed by atoms with van der Waals surface area (Å²) in [4.78, 5) is 0. The lowest BCUT2D eigenvalue weighted by molar-refractivity contribution is 0.294. The van der Waals surface area contributed by atoms with Gasteiger partial charge in [0, 0.05) is 17.8 Å². The number of ether oxygens (including phenoxy) is 2. The van der Waals surface area contributed by atoms with Gasteiger partial charge in [0.25, 0.3) is 0 Å². The van der Waals surface area contributed by atoms with E-state index in [-0.39, 0.29) is 0 Å². The average molecular weight is 291 g/mol. The van der Waals surface area contributed by atoms with Crippen LogP contribution in [0, 0.1) is 0 Å². The summed E-state index contributed by atoms with van der Waals surface area (Å²) < 4.78 is 11.2. The van der Waals surface area contributed by atoms with E-state index in [9.17, 15) is 0 Å². The van der Waals surface area contributed by atoms with Gasteiger partial charge < -0.3 is 9.47 Å². The average Bonchev–Trinajstić information content (AvgIpc) is 2.40. The standard InChI is InChI=1S/C14H20Cl2O2/c15-8-1-3-10-17-13-6-5-7-14(12-13)18-11-4-2-9-16/h5-7,12H,1-4,8-11H2. The van der Waals surface area contributed by atoms with Crippen LogP contribution in [0.3, 0.4) is 0 Å². The second-order valence-corrected chi connectivity index (χ2v) is 4.72. The summed E-state index contributed by atoms with van der Waals surface area (Å²) in [6.07, 6.45) is 3.92. The topological polar surface area (TPSA) is 18.5 Å². The number of rotatable bonds is 10. The van der Waals surface area contributed by atoms with Crippen molar-refractivity contribution in [2.24, 2.45) is 0 Å². The Labute approximate surface area is 119 Å². The van der Waals surface area contributed by atoms with Crippen molar-refractivity contribution < 1.29 is 9.47 Å². The van der Waals surface area contributed by atoms with Crippen LogP contribution in [0.4, 0.5) is 0 Å². The molecule has 1 aromatic rings. The van der Waals surface area contributed by atoms with Crippen LogP contribution in [0.2, 0.25) is 0 Å². The molecule has 0 amide bonds. The molecule has 0 spiro atoms. The molecular weight excluding hydrogens is 271 g/mol. The molecule has 1 aromatic carbocycles. The van der Waals surface area contributed by atoms with Gasteiger partial charge in [0.05, 0.1) is 13.2 Å². The Hall–Kier alpha value is -0.600. The van der Waals surface area contributed by atoms with E-state index in [0.29, 0.717) is 25.0 Å². The van der Waals surface area contributed by atoms with E-state index in [4.69, 9.17) is 32.7 Å². The maximum absolute atomic E-state index is 5.62. The highest BCUT2D eigenvalue weighted by molar-refractivity contribution is 6.18. The molecule has 0 heterocycles. The van der Waals surface area contributed by atoms with Crippen molar-refractivity contribution in [2.45, 2.75) is 25.7 Å². The minimum atomic E-state index is 0.688. The first-order valence-corrected chi connectivity index (χ1v) is 7.41. The Morgan fingerprint density at radius 2 is 1.28 bits per heavy atom. The summed E-state index contributed by atoms with van der Waals surface area (Å²) in [7, 11) is 0. The molecule has 102 valence electrons. The molecule has 1 rings (SSSR count). The first-order valence-electron chi connectivity index (χ1n) is 6.34.